The van der Waals surface area contributed by atoms with Crippen molar-refractivity contribution in [3.8, 4) is 11.5 Å². The minimum Gasteiger partial charge on any atom is -0.493 e. The van der Waals surface area contributed by atoms with E-state index in [-0.39, 0.29) is 11.6 Å². The molecule has 0 radical (unpaired) electrons. The summed E-state index contributed by atoms with van der Waals surface area (Å²) < 4.78 is 10.7. The predicted molar refractivity (Wildman–Crippen MR) is 83.1 cm³/mol. The van der Waals surface area contributed by atoms with Crippen LogP contribution in [0.25, 0.3) is 6.08 Å². The number of ether oxygens (including phenoxy) is 2. The summed E-state index contributed by atoms with van der Waals surface area (Å²) in [5, 5.41) is 2.92. The van der Waals surface area contributed by atoms with Gasteiger partial charge >= 0.3 is 6.03 Å². The number of urea groups is 1. The lowest BCUT2D eigenvalue weighted by molar-refractivity contribution is -0.122. The van der Waals surface area contributed by atoms with Gasteiger partial charge in [-0.1, -0.05) is 11.6 Å². The van der Waals surface area contributed by atoms with E-state index in [4.69, 9.17) is 21.1 Å². The number of methoxy groups -OCH3 is 1. The fourth-order valence-corrected chi connectivity index (χ4v) is 2.31. The summed E-state index contributed by atoms with van der Waals surface area (Å²) in [6, 6.07) is 2.84. The fraction of sp³-hybridized carbons (Fsp3) is 0.333. The molecule has 7 heteroatoms. The molecule has 0 aliphatic carbocycles. The number of rotatable bonds is 5. The Morgan fingerprint density at radius 2 is 2.00 bits per heavy atom. The van der Waals surface area contributed by atoms with Crippen LogP contribution in [0.2, 0.25) is 5.02 Å². The second-order valence-electron chi connectivity index (χ2n) is 4.50. The third-order valence-electron chi connectivity index (χ3n) is 3.16. The molecule has 0 atom stereocenters. The highest BCUT2D eigenvalue weighted by molar-refractivity contribution is 6.32. The Labute approximate surface area is 133 Å². The molecule has 1 saturated heterocycles. The van der Waals surface area contributed by atoms with Crippen molar-refractivity contribution >= 4 is 29.6 Å². The van der Waals surface area contributed by atoms with Gasteiger partial charge in [0.05, 0.1) is 18.7 Å². The van der Waals surface area contributed by atoms with Crippen molar-refractivity contribution in [1.82, 2.24) is 10.2 Å². The van der Waals surface area contributed by atoms with Crippen molar-refractivity contribution < 1.29 is 19.1 Å². The Morgan fingerprint density at radius 3 is 2.55 bits per heavy atom. The van der Waals surface area contributed by atoms with Crippen LogP contribution in [-0.2, 0) is 4.79 Å². The summed E-state index contributed by atoms with van der Waals surface area (Å²) in [5.74, 6) is 0.647. The zero-order valence-corrected chi connectivity index (χ0v) is 13.4. The topological polar surface area (TPSA) is 67.9 Å². The zero-order chi connectivity index (χ0) is 16.3. The number of benzene rings is 1. The van der Waals surface area contributed by atoms with Gasteiger partial charge in [0.1, 0.15) is 5.70 Å². The number of carbonyl (C=O) groups excluding carboxylic acids is 2. The second kappa shape index (κ2) is 6.70. The third-order valence-corrected chi connectivity index (χ3v) is 3.49. The maximum absolute atomic E-state index is 12.1. The number of nitrogens with zero attached hydrogens (tertiary/aromatic N) is 1. The van der Waals surface area contributed by atoms with Gasteiger partial charge in [0.25, 0.3) is 5.91 Å². The van der Waals surface area contributed by atoms with Gasteiger partial charge < -0.3 is 14.8 Å². The first-order valence-corrected chi connectivity index (χ1v) is 7.24. The SMILES string of the molecule is CCOc1cc(/C=C2/NC(=O)N(CC)C2=O)c(Cl)cc1OC. The summed E-state index contributed by atoms with van der Waals surface area (Å²) in [6.07, 6.45) is 1.53. The van der Waals surface area contributed by atoms with Crippen LogP contribution in [0.5, 0.6) is 11.5 Å². The lowest BCUT2D eigenvalue weighted by atomic mass is 10.1. The molecule has 3 amide bonds. The molecule has 2 rings (SSSR count). The molecular formula is C15H17ClN2O4. The number of carbonyl (C=O) groups is 2. The molecule has 0 unspecified atom stereocenters. The van der Waals surface area contributed by atoms with Crippen LogP contribution in [0.15, 0.2) is 17.8 Å². The minimum atomic E-state index is -0.437. The summed E-state index contributed by atoms with van der Waals surface area (Å²) in [5.41, 5.74) is 0.744. The minimum absolute atomic E-state index is 0.182. The fourth-order valence-electron chi connectivity index (χ4n) is 2.10. The van der Waals surface area contributed by atoms with Crippen LogP contribution >= 0.6 is 11.6 Å². The van der Waals surface area contributed by atoms with Crippen molar-refractivity contribution in [2.24, 2.45) is 0 Å². The molecule has 1 heterocycles. The van der Waals surface area contributed by atoms with E-state index in [1.54, 1.807) is 19.1 Å². The summed E-state index contributed by atoms with van der Waals surface area (Å²) in [6.45, 7) is 4.36. The molecule has 1 aliphatic rings. The molecule has 1 aromatic rings. The van der Waals surface area contributed by atoms with Crippen molar-refractivity contribution in [2.75, 3.05) is 20.3 Å². The van der Waals surface area contributed by atoms with Crippen molar-refractivity contribution in [1.29, 1.82) is 0 Å². The van der Waals surface area contributed by atoms with E-state index in [1.165, 1.54) is 13.2 Å². The maximum Gasteiger partial charge on any atom is 0.328 e. The molecular weight excluding hydrogens is 308 g/mol. The van der Waals surface area contributed by atoms with E-state index >= 15 is 0 Å². The number of imide groups is 1. The van der Waals surface area contributed by atoms with Crippen molar-refractivity contribution in [3.63, 3.8) is 0 Å². The van der Waals surface area contributed by atoms with E-state index in [0.717, 1.165) is 4.90 Å². The average Bonchev–Trinajstić information content (AvgIpc) is 2.76. The van der Waals surface area contributed by atoms with Crippen LogP contribution in [0.1, 0.15) is 19.4 Å². The first kappa shape index (κ1) is 16.2. The van der Waals surface area contributed by atoms with Crippen LogP contribution < -0.4 is 14.8 Å². The highest BCUT2D eigenvalue weighted by Crippen LogP contribution is 2.34. The second-order valence-corrected chi connectivity index (χ2v) is 4.90. The summed E-state index contributed by atoms with van der Waals surface area (Å²) in [7, 11) is 1.52. The highest BCUT2D eigenvalue weighted by Gasteiger charge is 2.32. The molecule has 0 bridgehead atoms. The van der Waals surface area contributed by atoms with Gasteiger partial charge in [-0.2, -0.15) is 0 Å². The van der Waals surface area contributed by atoms with Crippen LogP contribution in [0.4, 0.5) is 4.79 Å². The molecule has 118 valence electrons. The Hall–Kier alpha value is -2.21. The molecule has 0 saturated carbocycles. The monoisotopic (exact) mass is 324 g/mol. The zero-order valence-electron chi connectivity index (χ0n) is 12.6. The molecule has 22 heavy (non-hydrogen) atoms. The maximum atomic E-state index is 12.1. The van der Waals surface area contributed by atoms with Gasteiger partial charge in [-0.05, 0) is 31.6 Å². The normalized spacial score (nSPS) is 16.2. The predicted octanol–water partition coefficient (Wildman–Crippen LogP) is 2.66. The van der Waals surface area contributed by atoms with Crippen molar-refractivity contribution in [2.45, 2.75) is 13.8 Å². The Bertz CT molecular complexity index is 643. The summed E-state index contributed by atoms with van der Waals surface area (Å²) in [4.78, 5) is 24.8. The van der Waals surface area contributed by atoms with Gasteiger partial charge in [-0.15, -0.1) is 0 Å². The Kier molecular flexibility index (Phi) is 4.92. The van der Waals surface area contributed by atoms with E-state index in [2.05, 4.69) is 5.32 Å². The smallest absolute Gasteiger partial charge is 0.328 e. The molecule has 1 N–H and O–H groups in total. The van der Waals surface area contributed by atoms with Gasteiger partial charge in [-0.3, -0.25) is 9.69 Å². The largest absolute Gasteiger partial charge is 0.493 e. The van der Waals surface area contributed by atoms with E-state index in [0.29, 0.717) is 35.2 Å². The van der Waals surface area contributed by atoms with Crippen LogP contribution in [0, 0.1) is 0 Å². The number of hydrogen-bond acceptors (Lipinski definition) is 4. The molecule has 6 nitrogen and oxygen atoms in total. The van der Waals surface area contributed by atoms with Gasteiger partial charge in [0.15, 0.2) is 11.5 Å². The quantitative estimate of drug-likeness (QED) is 0.668. The van der Waals surface area contributed by atoms with E-state index in [1.807, 2.05) is 6.92 Å². The van der Waals surface area contributed by atoms with Gasteiger partial charge in [0.2, 0.25) is 0 Å². The van der Waals surface area contributed by atoms with Gasteiger partial charge in [0, 0.05) is 12.6 Å². The molecule has 1 aliphatic heterocycles. The molecule has 1 fully saturated rings. The molecule has 0 aromatic heterocycles. The van der Waals surface area contributed by atoms with Crippen molar-refractivity contribution in [3.05, 3.63) is 28.4 Å². The molecule has 1 aromatic carbocycles. The summed E-state index contributed by atoms with van der Waals surface area (Å²) >= 11 is 6.20. The number of nitrogens with one attached hydrogen (secondary N) is 1. The first-order valence-electron chi connectivity index (χ1n) is 6.86. The van der Waals surface area contributed by atoms with E-state index < -0.39 is 6.03 Å². The lowest BCUT2D eigenvalue weighted by Crippen LogP contribution is -2.30. The van der Waals surface area contributed by atoms with Crippen LogP contribution in [-0.4, -0.2) is 37.1 Å². The number of halogens is 1. The molecule has 0 spiro atoms. The first-order chi connectivity index (χ1) is 10.5. The number of likely N-dealkylation sites (N-methyl/N-ethyl adjacent to an activating group) is 1. The average molecular weight is 325 g/mol. The van der Waals surface area contributed by atoms with Gasteiger partial charge in [-0.25, -0.2) is 4.79 Å². The lowest BCUT2D eigenvalue weighted by Gasteiger charge is -2.11. The van der Waals surface area contributed by atoms with E-state index in [9.17, 15) is 9.59 Å². The number of hydrogen-bond donors (Lipinski definition) is 1. The third kappa shape index (κ3) is 3.01. The highest BCUT2D eigenvalue weighted by atomic mass is 35.5. The van der Waals surface area contributed by atoms with Crippen LogP contribution in [0.3, 0.4) is 0 Å². The number of amides is 3. The Balaban J connectivity index is 2.41. The standard InChI is InChI=1S/C15H17ClN2O4/c1-4-18-14(19)11(17-15(18)20)6-9-7-13(22-5-2)12(21-3)8-10(9)16/h6-8H,4-5H2,1-3H3,(H,17,20)/b11-6+. The Morgan fingerprint density at radius 1 is 1.27 bits per heavy atom.